The van der Waals surface area contributed by atoms with Crippen molar-refractivity contribution < 1.29 is 27.8 Å². The van der Waals surface area contributed by atoms with Gasteiger partial charge in [-0.05, 0) is 73.1 Å². The summed E-state index contributed by atoms with van der Waals surface area (Å²) in [7, 11) is 0. The number of benzene rings is 2. The topological polar surface area (TPSA) is 76.4 Å². The van der Waals surface area contributed by atoms with Crippen molar-refractivity contribution in [3.05, 3.63) is 48.0 Å². The van der Waals surface area contributed by atoms with E-state index in [-0.39, 0.29) is 22.8 Å². The molecule has 33 heavy (non-hydrogen) atoms. The minimum Gasteiger partial charge on any atom is -0.478 e. The molecule has 1 aliphatic carbocycles. The van der Waals surface area contributed by atoms with Crippen LogP contribution in [0, 0.1) is 11.3 Å². The van der Waals surface area contributed by atoms with Crippen LogP contribution < -0.4 is 10.1 Å². The third-order valence-corrected chi connectivity index (χ3v) is 6.01. The van der Waals surface area contributed by atoms with E-state index in [1.54, 1.807) is 12.1 Å². The molecule has 4 rings (SSSR count). The maximum Gasteiger partial charge on any atom is 0.573 e. The zero-order valence-electron chi connectivity index (χ0n) is 18.6. The smallest absolute Gasteiger partial charge is 0.478 e. The monoisotopic (exact) mass is 461 g/mol. The van der Waals surface area contributed by atoms with Gasteiger partial charge in [0.1, 0.15) is 5.75 Å². The van der Waals surface area contributed by atoms with Crippen molar-refractivity contribution >= 4 is 28.6 Å². The highest BCUT2D eigenvalue weighted by Gasteiger charge is 2.35. The number of hydrogen-bond acceptors (Lipinski definition) is 4. The third-order valence-electron chi connectivity index (χ3n) is 6.01. The van der Waals surface area contributed by atoms with E-state index in [1.807, 2.05) is 0 Å². The first kappa shape index (κ1) is 22.9. The van der Waals surface area contributed by atoms with Gasteiger partial charge in [0.15, 0.2) is 0 Å². The van der Waals surface area contributed by atoms with Gasteiger partial charge in [-0.3, -0.25) is 0 Å². The SMILES string of the molecule is C[C@@H]1CC(n2c(Nc3ccc(OC(F)(F)F)cc3)nc3cc(C(=O)O)ccc32)CC(C)(C)C1. The van der Waals surface area contributed by atoms with Gasteiger partial charge in [0.05, 0.1) is 16.6 Å². The molecule has 3 aromatic rings. The Morgan fingerprint density at radius 2 is 1.88 bits per heavy atom. The van der Waals surface area contributed by atoms with E-state index in [4.69, 9.17) is 0 Å². The summed E-state index contributed by atoms with van der Waals surface area (Å²) in [4.78, 5) is 16.1. The molecule has 0 aliphatic heterocycles. The summed E-state index contributed by atoms with van der Waals surface area (Å²) >= 11 is 0. The van der Waals surface area contributed by atoms with Crippen LogP contribution in [0.3, 0.4) is 0 Å². The first-order valence-corrected chi connectivity index (χ1v) is 10.8. The Labute approximate surface area is 189 Å². The van der Waals surface area contributed by atoms with Gasteiger partial charge in [-0.1, -0.05) is 20.8 Å². The number of fused-ring (bicyclic) bond motifs is 1. The van der Waals surface area contributed by atoms with Crippen LogP contribution in [0.5, 0.6) is 5.75 Å². The maximum absolute atomic E-state index is 12.5. The number of anilines is 2. The molecule has 0 spiro atoms. The molecule has 1 aromatic heterocycles. The molecule has 0 amide bonds. The summed E-state index contributed by atoms with van der Waals surface area (Å²) in [5.41, 5.74) is 2.18. The van der Waals surface area contributed by atoms with Gasteiger partial charge >= 0.3 is 12.3 Å². The van der Waals surface area contributed by atoms with Crippen LogP contribution >= 0.6 is 0 Å². The summed E-state index contributed by atoms with van der Waals surface area (Å²) in [6.07, 6.45) is -1.77. The van der Waals surface area contributed by atoms with Gasteiger partial charge in [0.25, 0.3) is 0 Å². The Balaban J connectivity index is 1.73. The largest absolute Gasteiger partial charge is 0.573 e. The Kier molecular flexibility index (Phi) is 5.76. The fourth-order valence-corrected chi connectivity index (χ4v) is 5.05. The minimum atomic E-state index is -4.75. The highest BCUT2D eigenvalue weighted by atomic mass is 19.4. The fraction of sp³-hybridized carbons (Fsp3) is 0.417. The van der Waals surface area contributed by atoms with Crippen LogP contribution in [0.25, 0.3) is 11.0 Å². The molecule has 1 unspecified atom stereocenters. The Morgan fingerprint density at radius 1 is 1.18 bits per heavy atom. The van der Waals surface area contributed by atoms with E-state index in [2.05, 4.69) is 40.4 Å². The summed E-state index contributed by atoms with van der Waals surface area (Å²) in [6, 6.07) is 10.4. The molecule has 9 heteroatoms. The van der Waals surface area contributed by atoms with Crippen LogP contribution in [0.15, 0.2) is 42.5 Å². The number of rotatable bonds is 5. The molecular weight excluding hydrogens is 435 g/mol. The normalized spacial score (nSPS) is 20.5. The van der Waals surface area contributed by atoms with Gasteiger partial charge < -0.3 is 19.7 Å². The first-order valence-electron chi connectivity index (χ1n) is 10.8. The number of carboxylic acids is 1. The average Bonchev–Trinajstić information content (AvgIpc) is 3.03. The van der Waals surface area contributed by atoms with E-state index in [0.29, 0.717) is 23.1 Å². The van der Waals surface area contributed by atoms with E-state index < -0.39 is 12.3 Å². The molecule has 176 valence electrons. The van der Waals surface area contributed by atoms with Crippen molar-refractivity contribution in [2.24, 2.45) is 11.3 Å². The van der Waals surface area contributed by atoms with Crippen LogP contribution in [0.4, 0.5) is 24.8 Å². The van der Waals surface area contributed by atoms with Crippen LogP contribution in [-0.2, 0) is 0 Å². The second-order valence-electron chi connectivity index (χ2n) is 9.58. The third kappa shape index (κ3) is 5.23. The van der Waals surface area contributed by atoms with E-state index >= 15 is 0 Å². The van der Waals surface area contributed by atoms with Crippen molar-refractivity contribution in [3.63, 3.8) is 0 Å². The zero-order chi connectivity index (χ0) is 24.0. The van der Waals surface area contributed by atoms with E-state index in [9.17, 15) is 23.1 Å². The number of nitrogens with one attached hydrogen (secondary N) is 1. The lowest BCUT2D eigenvalue weighted by Gasteiger charge is -2.40. The predicted molar refractivity (Wildman–Crippen MR) is 119 cm³/mol. The lowest BCUT2D eigenvalue weighted by atomic mass is 9.70. The number of halogens is 3. The zero-order valence-corrected chi connectivity index (χ0v) is 18.6. The number of hydrogen-bond donors (Lipinski definition) is 2. The lowest BCUT2D eigenvalue weighted by molar-refractivity contribution is -0.274. The molecule has 0 bridgehead atoms. The van der Waals surface area contributed by atoms with Gasteiger partial charge in [-0.15, -0.1) is 13.2 Å². The highest BCUT2D eigenvalue weighted by molar-refractivity contribution is 5.93. The molecule has 1 saturated carbocycles. The summed E-state index contributed by atoms with van der Waals surface area (Å²) in [6.45, 7) is 6.70. The Morgan fingerprint density at radius 3 is 2.48 bits per heavy atom. The number of nitrogens with zero attached hydrogens (tertiary/aromatic N) is 2. The fourth-order valence-electron chi connectivity index (χ4n) is 5.05. The number of aromatic nitrogens is 2. The second kappa shape index (κ2) is 8.28. The minimum absolute atomic E-state index is 0.133. The van der Waals surface area contributed by atoms with Crippen molar-refractivity contribution in [2.45, 2.75) is 52.4 Å². The molecule has 2 N–H and O–H groups in total. The first-order chi connectivity index (χ1) is 15.4. The van der Waals surface area contributed by atoms with Gasteiger partial charge in [0, 0.05) is 11.7 Å². The summed E-state index contributed by atoms with van der Waals surface area (Å²) < 4.78 is 43.4. The maximum atomic E-state index is 12.5. The number of ether oxygens (including phenoxy) is 1. The van der Waals surface area contributed by atoms with Gasteiger partial charge in [-0.25, -0.2) is 9.78 Å². The molecule has 1 heterocycles. The number of carboxylic acid groups (broad SMARTS) is 1. The second-order valence-corrected chi connectivity index (χ2v) is 9.58. The lowest BCUT2D eigenvalue weighted by Crippen LogP contribution is -2.29. The summed E-state index contributed by atoms with van der Waals surface area (Å²) in [5.74, 6) is -0.322. The van der Waals surface area contributed by atoms with Crippen molar-refractivity contribution in [1.82, 2.24) is 9.55 Å². The molecule has 0 saturated heterocycles. The standard InChI is InChI=1S/C24H26F3N3O3/c1-14-10-17(13-23(2,3)12-14)30-20-9-4-15(21(31)32)11-19(20)29-22(30)28-16-5-7-18(8-6-16)33-24(25,26)27/h4-9,11,14,17H,10,12-13H2,1-3H3,(H,28,29)(H,31,32)/t14-,17?/m1/s1. The van der Waals surface area contributed by atoms with Crippen LogP contribution in [0.1, 0.15) is 56.4 Å². The van der Waals surface area contributed by atoms with Gasteiger partial charge in [0.2, 0.25) is 5.95 Å². The quantitative estimate of drug-likeness (QED) is 0.439. The van der Waals surface area contributed by atoms with Crippen molar-refractivity contribution in [2.75, 3.05) is 5.32 Å². The molecule has 0 radical (unpaired) electrons. The number of imidazole rings is 1. The highest BCUT2D eigenvalue weighted by Crippen LogP contribution is 2.46. The molecule has 1 aliphatic rings. The number of aromatic carboxylic acids is 1. The van der Waals surface area contributed by atoms with E-state index in [1.165, 1.54) is 30.3 Å². The van der Waals surface area contributed by atoms with Crippen LogP contribution in [0.2, 0.25) is 0 Å². The average molecular weight is 461 g/mol. The molecule has 6 nitrogen and oxygen atoms in total. The van der Waals surface area contributed by atoms with Crippen molar-refractivity contribution in [3.8, 4) is 5.75 Å². The molecule has 2 aromatic carbocycles. The van der Waals surface area contributed by atoms with E-state index in [0.717, 1.165) is 24.8 Å². The predicted octanol–water partition coefficient (Wildman–Crippen LogP) is 6.76. The molecule has 1 fully saturated rings. The van der Waals surface area contributed by atoms with Crippen LogP contribution in [-0.4, -0.2) is 27.0 Å². The molecule has 2 atom stereocenters. The Bertz CT molecular complexity index is 1170. The molecular formula is C24H26F3N3O3. The van der Waals surface area contributed by atoms with Crippen molar-refractivity contribution in [1.29, 1.82) is 0 Å². The van der Waals surface area contributed by atoms with Gasteiger partial charge in [-0.2, -0.15) is 0 Å². The number of alkyl halides is 3. The number of carbonyl (C=O) groups is 1. The Hall–Kier alpha value is -3.23. The summed E-state index contributed by atoms with van der Waals surface area (Å²) in [5, 5.41) is 12.6.